The van der Waals surface area contributed by atoms with Gasteiger partial charge in [-0.3, -0.25) is 0 Å². The highest BCUT2D eigenvalue weighted by Crippen LogP contribution is 2.57. The maximum absolute atomic E-state index is 5.18. The molecule has 0 aromatic carbocycles. The van der Waals surface area contributed by atoms with Crippen LogP contribution in [0.1, 0.15) is 51.0 Å². The van der Waals surface area contributed by atoms with E-state index >= 15 is 0 Å². The molecule has 1 aliphatic carbocycles. The molecule has 0 amide bonds. The molecule has 0 aliphatic heterocycles. The van der Waals surface area contributed by atoms with Gasteiger partial charge in [0.1, 0.15) is 11.6 Å². The zero-order valence-electron chi connectivity index (χ0n) is 11.8. The smallest absolute Gasteiger partial charge is 0.134 e. The van der Waals surface area contributed by atoms with Crippen LogP contribution in [0, 0.1) is 5.41 Å². The Bertz CT molecular complexity index is 418. The van der Waals surface area contributed by atoms with Gasteiger partial charge in [0.15, 0.2) is 0 Å². The number of aromatic nitrogens is 2. The van der Waals surface area contributed by atoms with Gasteiger partial charge in [-0.1, -0.05) is 20.8 Å². The minimum absolute atomic E-state index is 0.355. The molecule has 1 saturated carbocycles. The van der Waals surface area contributed by atoms with E-state index in [1.807, 2.05) is 6.07 Å². The molecule has 0 bridgehead atoms. The number of rotatable bonds is 6. The highest BCUT2D eigenvalue weighted by atomic mass is 16.5. The maximum atomic E-state index is 5.18. The van der Waals surface area contributed by atoms with Crippen LogP contribution >= 0.6 is 0 Å². The van der Waals surface area contributed by atoms with Crippen LogP contribution < -0.4 is 5.32 Å². The van der Waals surface area contributed by atoms with Crippen LogP contribution in [0.2, 0.25) is 0 Å². The minimum Gasteiger partial charge on any atom is -0.378 e. The van der Waals surface area contributed by atoms with Crippen molar-refractivity contribution in [3.05, 3.63) is 17.6 Å². The Balaban J connectivity index is 2.20. The normalized spacial score (nSPS) is 20.8. The van der Waals surface area contributed by atoms with Crippen molar-refractivity contribution in [1.82, 2.24) is 9.97 Å². The molecule has 1 aromatic rings. The molecule has 1 fully saturated rings. The van der Waals surface area contributed by atoms with Crippen molar-refractivity contribution < 1.29 is 4.74 Å². The van der Waals surface area contributed by atoms with E-state index in [0.29, 0.717) is 17.9 Å². The Labute approximate surface area is 109 Å². The van der Waals surface area contributed by atoms with E-state index in [4.69, 9.17) is 4.74 Å². The summed E-state index contributed by atoms with van der Waals surface area (Å²) in [4.78, 5) is 9.25. The van der Waals surface area contributed by atoms with Crippen molar-refractivity contribution in [3.63, 3.8) is 0 Å². The molecule has 1 N–H and O–H groups in total. The standard InChI is InChI=1S/C14H23N3O/c1-5-6-15-12-7-10(9-18-4)16-13(17-12)11-8-14(11,2)3/h7,11H,5-6,8-9H2,1-4H3,(H,15,16,17). The van der Waals surface area contributed by atoms with E-state index in [0.717, 1.165) is 30.3 Å². The molecule has 1 heterocycles. The fraction of sp³-hybridized carbons (Fsp3) is 0.714. The van der Waals surface area contributed by atoms with Gasteiger partial charge in [-0.15, -0.1) is 0 Å². The summed E-state index contributed by atoms with van der Waals surface area (Å²) in [6, 6.07) is 1.98. The van der Waals surface area contributed by atoms with Gasteiger partial charge < -0.3 is 10.1 Å². The molecule has 100 valence electrons. The fourth-order valence-electron chi connectivity index (χ4n) is 2.15. The van der Waals surface area contributed by atoms with E-state index < -0.39 is 0 Å². The topological polar surface area (TPSA) is 47.0 Å². The fourth-order valence-corrected chi connectivity index (χ4v) is 2.15. The molecule has 1 unspecified atom stereocenters. The number of nitrogens with one attached hydrogen (secondary N) is 1. The van der Waals surface area contributed by atoms with Crippen LogP contribution in [0.3, 0.4) is 0 Å². The van der Waals surface area contributed by atoms with Crippen LogP contribution in [0.15, 0.2) is 6.07 Å². The molecule has 1 aliphatic rings. The highest BCUT2D eigenvalue weighted by molar-refractivity contribution is 5.37. The third-order valence-electron chi connectivity index (χ3n) is 3.47. The first-order chi connectivity index (χ1) is 8.56. The summed E-state index contributed by atoms with van der Waals surface area (Å²) in [6.07, 6.45) is 2.27. The van der Waals surface area contributed by atoms with Crippen molar-refractivity contribution in [2.24, 2.45) is 5.41 Å². The van der Waals surface area contributed by atoms with E-state index in [1.54, 1.807) is 7.11 Å². The van der Waals surface area contributed by atoms with E-state index in [2.05, 4.69) is 36.1 Å². The average molecular weight is 249 g/mol. The second-order valence-corrected chi connectivity index (χ2v) is 5.71. The third kappa shape index (κ3) is 2.99. The predicted octanol–water partition coefficient (Wildman–Crippen LogP) is 2.96. The van der Waals surface area contributed by atoms with Crippen LogP contribution in [-0.2, 0) is 11.3 Å². The van der Waals surface area contributed by atoms with Gasteiger partial charge in [0.2, 0.25) is 0 Å². The molecule has 1 atom stereocenters. The molecule has 18 heavy (non-hydrogen) atoms. The van der Waals surface area contributed by atoms with Crippen LogP contribution in [0.5, 0.6) is 0 Å². The summed E-state index contributed by atoms with van der Waals surface area (Å²) >= 11 is 0. The predicted molar refractivity (Wildman–Crippen MR) is 72.7 cm³/mol. The lowest BCUT2D eigenvalue weighted by Crippen LogP contribution is -2.08. The lowest BCUT2D eigenvalue weighted by molar-refractivity contribution is 0.181. The van der Waals surface area contributed by atoms with Crippen molar-refractivity contribution in [3.8, 4) is 0 Å². The molecular formula is C14H23N3O. The number of nitrogens with zero attached hydrogens (tertiary/aromatic N) is 2. The quantitative estimate of drug-likeness (QED) is 0.842. The van der Waals surface area contributed by atoms with E-state index in [-0.39, 0.29) is 0 Å². The summed E-state index contributed by atoms with van der Waals surface area (Å²) in [5, 5.41) is 3.34. The number of hydrogen-bond donors (Lipinski definition) is 1. The van der Waals surface area contributed by atoms with Crippen molar-refractivity contribution in [2.75, 3.05) is 19.0 Å². The first-order valence-electron chi connectivity index (χ1n) is 6.67. The first-order valence-corrected chi connectivity index (χ1v) is 6.67. The molecule has 2 rings (SSSR count). The highest BCUT2D eigenvalue weighted by Gasteiger charge is 2.48. The van der Waals surface area contributed by atoms with Crippen molar-refractivity contribution in [1.29, 1.82) is 0 Å². The van der Waals surface area contributed by atoms with E-state index in [9.17, 15) is 0 Å². The summed E-state index contributed by atoms with van der Waals surface area (Å²) in [5.41, 5.74) is 1.32. The molecule has 0 spiro atoms. The minimum atomic E-state index is 0.355. The van der Waals surface area contributed by atoms with Crippen molar-refractivity contribution >= 4 is 5.82 Å². The average Bonchev–Trinajstić information content (AvgIpc) is 2.96. The van der Waals surface area contributed by atoms with Crippen molar-refractivity contribution in [2.45, 2.75) is 46.1 Å². The summed E-state index contributed by atoms with van der Waals surface area (Å²) in [7, 11) is 1.70. The van der Waals surface area contributed by atoms with Crippen LogP contribution in [-0.4, -0.2) is 23.6 Å². The summed E-state index contributed by atoms with van der Waals surface area (Å²) in [5.74, 6) is 2.39. The first kappa shape index (κ1) is 13.3. The van der Waals surface area contributed by atoms with Crippen LogP contribution in [0.25, 0.3) is 0 Å². The number of anilines is 1. The lowest BCUT2D eigenvalue weighted by atomic mass is 10.1. The monoisotopic (exact) mass is 249 g/mol. The van der Waals surface area contributed by atoms with Gasteiger partial charge in [0, 0.05) is 25.6 Å². The second kappa shape index (κ2) is 5.22. The van der Waals surface area contributed by atoms with E-state index in [1.165, 1.54) is 6.42 Å². The molecular weight excluding hydrogens is 226 g/mol. The van der Waals surface area contributed by atoms with Crippen LogP contribution in [0.4, 0.5) is 5.82 Å². The maximum Gasteiger partial charge on any atom is 0.134 e. The Hall–Kier alpha value is -1.16. The van der Waals surface area contributed by atoms with Gasteiger partial charge >= 0.3 is 0 Å². The Morgan fingerprint density at radius 3 is 2.72 bits per heavy atom. The summed E-state index contributed by atoms with van der Waals surface area (Å²) < 4.78 is 5.18. The van der Waals surface area contributed by atoms with Gasteiger partial charge in [-0.05, 0) is 18.3 Å². The van der Waals surface area contributed by atoms with Gasteiger partial charge in [0.05, 0.1) is 12.3 Å². The number of ether oxygens (including phenoxy) is 1. The van der Waals surface area contributed by atoms with Gasteiger partial charge in [0.25, 0.3) is 0 Å². The molecule has 4 nitrogen and oxygen atoms in total. The summed E-state index contributed by atoms with van der Waals surface area (Å²) in [6.45, 7) is 8.17. The molecule has 1 aromatic heterocycles. The zero-order chi connectivity index (χ0) is 13.2. The largest absolute Gasteiger partial charge is 0.378 e. The van der Waals surface area contributed by atoms with Gasteiger partial charge in [-0.25, -0.2) is 9.97 Å². The SMILES string of the molecule is CCCNc1cc(COC)nc(C2CC2(C)C)n1. The lowest BCUT2D eigenvalue weighted by Gasteiger charge is -2.10. The van der Waals surface area contributed by atoms with Gasteiger partial charge in [-0.2, -0.15) is 0 Å². The second-order valence-electron chi connectivity index (χ2n) is 5.71. The molecule has 4 heteroatoms. The Morgan fingerprint density at radius 1 is 1.44 bits per heavy atom. The Kier molecular flexibility index (Phi) is 3.85. The molecule has 0 radical (unpaired) electrons. The number of methoxy groups -OCH3 is 1. The zero-order valence-corrected chi connectivity index (χ0v) is 11.8. The Morgan fingerprint density at radius 2 is 2.17 bits per heavy atom. The third-order valence-corrected chi connectivity index (χ3v) is 3.47. The molecule has 0 saturated heterocycles. The number of hydrogen-bond acceptors (Lipinski definition) is 4.